The predicted octanol–water partition coefficient (Wildman–Crippen LogP) is 4.05. The first-order valence-corrected chi connectivity index (χ1v) is 7.09. The molecular weight excluding hydrogens is 256 g/mol. The van der Waals surface area contributed by atoms with Gasteiger partial charge in [0.2, 0.25) is 0 Å². The van der Waals surface area contributed by atoms with Crippen LogP contribution in [0, 0.1) is 5.92 Å². The van der Waals surface area contributed by atoms with Crippen LogP contribution in [0.1, 0.15) is 23.5 Å². The average Bonchev–Trinajstić information content (AvgIpc) is 3.20. The average molecular weight is 273 g/mol. The second kappa shape index (κ2) is 5.36. The second-order valence-corrected chi connectivity index (χ2v) is 5.75. The molecule has 98 valence electrons. The van der Waals surface area contributed by atoms with E-state index < -0.39 is 0 Å². The van der Waals surface area contributed by atoms with Crippen LogP contribution in [0.25, 0.3) is 0 Å². The number of hydrogen-bond donors (Lipinski definition) is 1. The Hall–Kier alpha value is -1.31. The molecule has 3 unspecified atom stereocenters. The molecule has 0 radical (unpaired) electrons. The third kappa shape index (κ3) is 2.99. The van der Waals surface area contributed by atoms with Crippen molar-refractivity contribution in [3.8, 4) is 0 Å². The molecule has 1 saturated carbocycles. The minimum atomic E-state index is -0.274. The zero-order chi connectivity index (χ0) is 13.2. The Kier molecular flexibility index (Phi) is 3.58. The monoisotopic (exact) mass is 272 g/mol. The number of aliphatic hydroxyl groups excluding tert-OH is 1. The zero-order valence-corrected chi connectivity index (χ0v) is 11.4. The van der Waals surface area contributed by atoms with Crippen LogP contribution < -0.4 is 0 Å². The molecule has 3 atom stereocenters. The van der Waals surface area contributed by atoms with Gasteiger partial charge in [0.15, 0.2) is 0 Å². The van der Waals surface area contributed by atoms with Crippen molar-refractivity contribution in [1.29, 1.82) is 0 Å². The molecule has 0 amide bonds. The Labute approximate surface area is 118 Å². The maximum absolute atomic E-state index is 10.3. The van der Waals surface area contributed by atoms with Gasteiger partial charge in [-0.25, -0.2) is 0 Å². The van der Waals surface area contributed by atoms with Gasteiger partial charge in [-0.3, -0.25) is 0 Å². The lowest BCUT2D eigenvalue weighted by Gasteiger charge is -2.11. The molecule has 0 aromatic heterocycles. The summed E-state index contributed by atoms with van der Waals surface area (Å²) in [5.74, 6) is 0.914. The molecule has 0 bridgehead atoms. The Balaban J connectivity index is 1.63. The molecule has 19 heavy (non-hydrogen) atoms. The van der Waals surface area contributed by atoms with Gasteiger partial charge in [0.05, 0.1) is 6.10 Å². The lowest BCUT2D eigenvalue weighted by Crippen LogP contribution is -2.14. The highest BCUT2D eigenvalue weighted by Crippen LogP contribution is 2.50. The molecule has 3 rings (SSSR count). The number of aliphatic hydroxyl groups is 1. The normalized spacial score (nSPS) is 23.1. The molecule has 2 aromatic rings. The van der Waals surface area contributed by atoms with Crippen molar-refractivity contribution in [3.63, 3.8) is 0 Å². The topological polar surface area (TPSA) is 20.2 Å². The minimum Gasteiger partial charge on any atom is -0.392 e. The van der Waals surface area contributed by atoms with Gasteiger partial charge in [0.25, 0.3) is 0 Å². The van der Waals surface area contributed by atoms with Crippen LogP contribution in [0.5, 0.6) is 0 Å². The summed E-state index contributed by atoms with van der Waals surface area (Å²) in [6.07, 6.45) is 1.50. The van der Waals surface area contributed by atoms with E-state index in [9.17, 15) is 5.11 Å². The first kappa shape index (κ1) is 12.7. The Morgan fingerprint density at radius 2 is 1.89 bits per heavy atom. The standard InChI is InChI=1S/C17H17ClO/c18-14-8-4-5-12(9-14)10-17(19)16-11-15(16)13-6-2-1-3-7-13/h1-9,15-17,19H,10-11H2. The summed E-state index contributed by atoms with van der Waals surface area (Å²) in [6.45, 7) is 0. The van der Waals surface area contributed by atoms with E-state index in [4.69, 9.17) is 11.6 Å². The summed E-state index contributed by atoms with van der Waals surface area (Å²) in [6, 6.07) is 18.2. The van der Waals surface area contributed by atoms with Gasteiger partial charge >= 0.3 is 0 Å². The predicted molar refractivity (Wildman–Crippen MR) is 78.5 cm³/mol. The van der Waals surface area contributed by atoms with E-state index in [0.717, 1.165) is 17.0 Å². The van der Waals surface area contributed by atoms with Crippen molar-refractivity contribution in [2.45, 2.75) is 24.9 Å². The summed E-state index contributed by atoms with van der Waals surface area (Å²) >= 11 is 5.97. The fraction of sp³-hybridized carbons (Fsp3) is 0.294. The van der Waals surface area contributed by atoms with Gasteiger partial charge < -0.3 is 5.11 Å². The summed E-state index contributed by atoms with van der Waals surface area (Å²) in [7, 11) is 0. The molecule has 1 aliphatic rings. The Morgan fingerprint density at radius 1 is 1.11 bits per heavy atom. The van der Waals surface area contributed by atoms with Crippen LogP contribution in [0.3, 0.4) is 0 Å². The molecule has 2 heteroatoms. The van der Waals surface area contributed by atoms with Crippen LogP contribution in [0.2, 0.25) is 5.02 Å². The number of benzene rings is 2. The van der Waals surface area contributed by atoms with E-state index in [1.165, 1.54) is 5.56 Å². The Morgan fingerprint density at radius 3 is 2.63 bits per heavy atom. The molecular formula is C17H17ClO. The van der Waals surface area contributed by atoms with Gasteiger partial charge in [-0.2, -0.15) is 0 Å². The van der Waals surface area contributed by atoms with E-state index in [1.807, 2.05) is 30.3 Å². The van der Waals surface area contributed by atoms with Crippen molar-refractivity contribution in [1.82, 2.24) is 0 Å². The second-order valence-electron chi connectivity index (χ2n) is 5.32. The first-order valence-electron chi connectivity index (χ1n) is 6.71. The fourth-order valence-electron chi connectivity index (χ4n) is 2.78. The molecule has 1 aliphatic carbocycles. The van der Waals surface area contributed by atoms with Crippen LogP contribution in [-0.2, 0) is 6.42 Å². The van der Waals surface area contributed by atoms with Gasteiger partial charge in [-0.1, -0.05) is 54.1 Å². The van der Waals surface area contributed by atoms with Crippen molar-refractivity contribution in [2.75, 3.05) is 0 Å². The van der Waals surface area contributed by atoms with Gasteiger partial charge in [0, 0.05) is 5.02 Å². The highest BCUT2D eigenvalue weighted by molar-refractivity contribution is 6.30. The highest BCUT2D eigenvalue weighted by Gasteiger charge is 2.42. The maximum Gasteiger partial charge on any atom is 0.0614 e. The van der Waals surface area contributed by atoms with Crippen LogP contribution in [0.15, 0.2) is 54.6 Å². The van der Waals surface area contributed by atoms with Crippen molar-refractivity contribution >= 4 is 11.6 Å². The van der Waals surface area contributed by atoms with Crippen molar-refractivity contribution in [3.05, 3.63) is 70.7 Å². The summed E-state index contributed by atoms with van der Waals surface area (Å²) < 4.78 is 0. The molecule has 0 aliphatic heterocycles. The van der Waals surface area contributed by atoms with E-state index in [0.29, 0.717) is 18.3 Å². The molecule has 2 aromatic carbocycles. The highest BCUT2D eigenvalue weighted by atomic mass is 35.5. The van der Waals surface area contributed by atoms with Gasteiger partial charge in [-0.05, 0) is 47.9 Å². The SMILES string of the molecule is OC(Cc1cccc(Cl)c1)C1CC1c1ccccc1. The fourth-order valence-corrected chi connectivity index (χ4v) is 2.99. The minimum absolute atomic E-state index is 0.274. The molecule has 0 heterocycles. The zero-order valence-electron chi connectivity index (χ0n) is 10.7. The van der Waals surface area contributed by atoms with Crippen LogP contribution in [0.4, 0.5) is 0 Å². The third-order valence-corrected chi connectivity index (χ3v) is 4.13. The lowest BCUT2D eigenvalue weighted by atomic mass is 10.0. The lowest BCUT2D eigenvalue weighted by molar-refractivity contribution is 0.149. The smallest absolute Gasteiger partial charge is 0.0614 e. The third-order valence-electron chi connectivity index (χ3n) is 3.90. The van der Waals surface area contributed by atoms with Crippen molar-refractivity contribution < 1.29 is 5.11 Å². The largest absolute Gasteiger partial charge is 0.392 e. The molecule has 1 N–H and O–H groups in total. The van der Waals surface area contributed by atoms with E-state index >= 15 is 0 Å². The number of rotatable bonds is 4. The summed E-state index contributed by atoms with van der Waals surface area (Å²) in [4.78, 5) is 0. The summed E-state index contributed by atoms with van der Waals surface area (Å²) in [5.41, 5.74) is 2.45. The molecule has 1 nitrogen and oxygen atoms in total. The molecule has 0 spiro atoms. The molecule has 0 saturated heterocycles. The van der Waals surface area contributed by atoms with E-state index in [-0.39, 0.29) is 6.10 Å². The van der Waals surface area contributed by atoms with E-state index in [1.54, 1.807) is 0 Å². The quantitative estimate of drug-likeness (QED) is 0.890. The van der Waals surface area contributed by atoms with Crippen LogP contribution in [-0.4, -0.2) is 11.2 Å². The number of hydrogen-bond acceptors (Lipinski definition) is 1. The molecule has 1 fully saturated rings. The van der Waals surface area contributed by atoms with E-state index in [2.05, 4.69) is 24.3 Å². The number of halogens is 1. The first-order chi connectivity index (χ1) is 9.24. The van der Waals surface area contributed by atoms with Crippen molar-refractivity contribution in [2.24, 2.45) is 5.92 Å². The maximum atomic E-state index is 10.3. The van der Waals surface area contributed by atoms with Crippen LogP contribution >= 0.6 is 11.6 Å². The Bertz CT molecular complexity index is 552. The summed E-state index contributed by atoms with van der Waals surface area (Å²) in [5, 5.41) is 11.1. The van der Waals surface area contributed by atoms with Gasteiger partial charge in [-0.15, -0.1) is 0 Å². The van der Waals surface area contributed by atoms with Gasteiger partial charge in [0.1, 0.15) is 0 Å².